The molecule has 2 bridgehead atoms. The van der Waals surface area contributed by atoms with Gasteiger partial charge in [0.05, 0.1) is 25.9 Å². The van der Waals surface area contributed by atoms with Crippen LogP contribution in [0.5, 0.6) is 5.75 Å². The van der Waals surface area contributed by atoms with Crippen LogP contribution < -0.4 is 15.0 Å². The number of benzene rings is 2. The number of methoxy groups -OCH3 is 2. The van der Waals surface area contributed by atoms with Crippen LogP contribution >= 0.6 is 0 Å². The highest BCUT2D eigenvalue weighted by molar-refractivity contribution is 6.55. The van der Waals surface area contributed by atoms with Crippen LogP contribution in [0.4, 0.5) is 5.69 Å². The van der Waals surface area contributed by atoms with Crippen LogP contribution in [0.1, 0.15) is 74.8 Å². The van der Waals surface area contributed by atoms with Gasteiger partial charge in [0.15, 0.2) is 5.60 Å². The van der Waals surface area contributed by atoms with Crippen molar-refractivity contribution in [3.8, 4) is 5.75 Å². The molecule has 12 nitrogen and oxygen atoms in total. The van der Waals surface area contributed by atoms with Crippen LogP contribution in [0, 0.1) is 11.3 Å². The molecule has 329 valence electrons. The highest BCUT2D eigenvalue weighted by Crippen LogP contribution is 2.67. The number of nitrogens with one attached hydrogen (secondary N) is 2. The van der Waals surface area contributed by atoms with E-state index in [4.69, 9.17) is 9.47 Å². The number of ether oxygens (including phenoxy) is 2. The normalized spacial score (nSPS) is 36.4. The van der Waals surface area contributed by atoms with Gasteiger partial charge in [0.25, 0.3) is 5.91 Å². The van der Waals surface area contributed by atoms with Gasteiger partial charge in [-0.1, -0.05) is 63.3 Å². The third-order valence-electron chi connectivity index (χ3n) is 16.3. The predicted octanol–water partition coefficient (Wildman–Crippen LogP) is 4.51. The Morgan fingerprint density at radius 3 is 2.54 bits per heavy atom. The van der Waals surface area contributed by atoms with Crippen molar-refractivity contribution in [2.45, 2.75) is 118 Å². The lowest BCUT2D eigenvalue weighted by Crippen LogP contribution is -2.81. The fourth-order valence-corrected chi connectivity index (χ4v) is 14.7. The van der Waals surface area contributed by atoms with Gasteiger partial charge in [0, 0.05) is 99.4 Å². The standard InChI is InChI=1S/C48H66N5O7Si/c1-8-44(57)26-30-27-47(43(56)60-5,38-32(16-21-52(28-30)29-44)31-14-10-11-15-35(31)50-38)34-24-33-36(25-37(34)59-4)51(3)40-46(33)18-22-53-20-12-17-45(9-2,39(46)53)41(54)48(40,58)42(55)49-19-13-23-61(6)7/h10-12,14-15,17,24-25,30,39-41,50,54,57-58H,8-9,13,16,18-23,26-29H2,1-7H3,(H,49,55)/t30-,39+,40-,41-,44+,45-,46-,47+,48+/m0/s1. The molecule has 5 aliphatic heterocycles. The van der Waals surface area contributed by atoms with Crippen molar-refractivity contribution < 1.29 is 34.4 Å². The number of H-pyrrole nitrogens is 1. The molecule has 1 aromatic heterocycles. The maximum atomic E-state index is 15.4. The molecule has 3 fully saturated rings. The largest absolute Gasteiger partial charge is 0.496 e. The molecule has 6 heterocycles. The van der Waals surface area contributed by atoms with Gasteiger partial charge < -0.3 is 40.0 Å². The zero-order chi connectivity index (χ0) is 43.3. The van der Waals surface area contributed by atoms with Gasteiger partial charge in [-0.05, 0) is 80.7 Å². The minimum Gasteiger partial charge on any atom is -0.496 e. The molecule has 9 rings (SSSR count). The number of piperidine rings is 1. The number of aliphatic hydroxyl groups excluding tert-OH is 1. The van der Waals surface area contributed by atoms with Crippen molar-refractivity contribution in [1.82, 2.24) is 20.1 Å². The number of carbonyl (C=O) groups is 2. The van der Waals surface area contributed by atoms with Crippen LogP contribution in [0.2, 0.25) is 19.1 Å². The smallest absolute Gasteiger partial charge is 0.322 e. The zero-order valence-corrected chi connectivity index (χ0v) is 38.1. The number of hydrogen-bond acceptors (Lipinski definition) is 10. The molecule has 6 aliphatic rings. The first kappa shape index (κ1) is 42.6. The molecule has 61 heavy (non-hydrogen) atoms. The molecule has 2 saturated heterocycles. The van der Waals surface area contributed by atoms with Crippen molar-refractivity contribution in [3.05, 3.63) is 70.9 Å². The van der Waals surface area contributed by atoms with Crippen LogP contribution in [-0.4, -0.2) is 141 Å². The Kier molecular flexibility index (Phi) is 10.6. The Bertz CT molecular complexity index is 2250. The minimum atomic E-state index is -2.18. The Balaban J connectivity index is 1.31. The molecule has 5 N–H and O–H groups in total. The molecule has 2 aromatic carbocycles. The molecule has 10 atom stereocenters. The van der Waals surface area contributed by atoms with E-state index < -0.39 is 60.3 Å². The van der Waals surface area contributed by atoms with E-state index in [0.29, 0.717) is 76.0 Å². The highest BCUT2D eigenvalue weighted by atomic mass is 28.3. The number of amides is 1. The van der Waals surface area contributed by atoms with E-state index in [0.717, 1.165) is 59.0 Å². The fourth-order valence-electron chi connectivity index (χ4n) is 13.8. The van der Waals surface area contributed by atoms with Crippen molar-refractivity contribution in [2.24, 2.45) is 11.3 Å². The lowest BCUT2D eigenvalue weighted by atomic mass is 9.47. The molecule has 1 aliphatic carbocycles. The van der Waals surface area contributed by atoms with E-state index in [1.54, 1.807) is 7.11 Å². The van der Waals surface area contributed by atoms with Crippen molar-refractivity contribution in [1.29, 1.82) is 0 Å². The summed E-state index contributed by atoms with van der Waals surface area (Å²) in [6.07, 6.45) is 6.91. The number of hydrogen-bond donors (Lipinski definition) is 5. The number of esters is 1. The van der Waals surface area contributed by atoms with Gasteiger partial charge in [0.2, 0.25) is 0 Å². The van der Waals surface area contributed by atoms with Crippen molar-refractivity contribution in [3.63, 3.8) is 0 Å². The number of aromatic nitrogens is 1. The van der Waals surface area contributed by atoms with E-state index in [1.165, 1.54) is 7.11 Å². The first-order valence-electron chi connectivity index (χ1n) is 22.7. The minimum absolute atomic E-state index is 0.0730. The Hall–Kier alpha value is -3.72. The molecular weight excluding hydrogens is 787 g/mol. The number of aromatic amines is 1. The van der Waals surface area contributed by atoms with Gasteiger partial charge >= 0.3 is 5.97 Å². The lowest BCUT2D eigenvalue weighted by Gasteiger charge is -2.63. The first-order valence-corrected chi connectivity index (χ1v) is 25.4. The molecule has 1 radical (unpaired) electrons. The van der Waals surface area contributed by atoms with Gasteiger partial charge in [0.1, 0.15) is 17.3 Å². The maximum Gasteiger partial charge on any atom is 0.322 e. The number of likely N-dealkylation sites (N-methyl/N-ethyl adjacent to an activating group) is 1. The summed E-state index contributed by atoms with van der Waals surface area (Å²) in [7, 11) is 4.52. The quantitative estimate of drug-likeness (QED) is 0.0854. The number of para-hydroxylation sites is 1. The van der Waals surface area contributed by atoms with Gasteiger partial charge in [-0.25, -0.2) is 0 Å². The summed E-state index contributed by atoms with van der Waals surface area (Å²) in [5, 5.41) is 42.3. The second kappa shape index (κ2) is 15.2. The monoisotopic (exact) mass is 852 g/mol. The van der Waals surface area contributed by atoms with Gasteiger partial charge in [-0.15, -0.1) is 0 Å². The van der Waals surface area contributed by atoms with E-state index in [2.05, 4.69) is 70.5 Å². The zero-order valence-electron chi connectivity index (χ0n) is 37.1. The number of anilines is 1. The Morgan fingerprint density at radius 2 is 1.82 bits per heavy atom. The number of aliphatic hydroxyl groups is 3. The molecule has 13 heteroatoms. The molecule has 1 unspecified atom stereocenters. The third kappa shape index (κ3) is 5.92. The first-order chi connectivity index (χ1) is 29.2. The van der Waals surface area contributed by atoms with Crippen molar-refractivity contribution >= 4 is 37.3 Å². The topological polar surface area (TPSA) is 151 Å². The summed E-state index contributed by atoms with van der Waals surface area (Å²) in [6.45, 7) is 12.5. The van der Waals surface area contributed by atoms with Crippen molar-refractivity contribution in [2.75, 3.05) is 65.4 Å². The number of nitrogens with zero attached hydrogens (tertiary/aromatic N) is 3. The fraction of sp³-hybridized carbons (Fsp3) is 0.625. The number of carbonyl (C=O) groups excluding carboxylic acids is 2. The van der Waals surface area contributed by atoms with Gasteiger partial charge in [-0.3, -0.25) is 19.4 Å². The highest BCUT2D eigenvalue weighted by Gasteiger charge is 2.78. The predicted molar refractivity (Wildman–Crippen MR) is 239 cm³/mol. The second-order valence-corrected chi connectivity index (χ2v) is 22.6. The molecule has 1 amide bonds. The Morgan fingerprint density at radius 1 is 1.03 bits per heavy atom. The SMILES string of the molecule is CC[C@@]1(O)C[C@@H]2CN(CCc3c([nH]c4ccccc34)[C@](C(=O)OC)(c3cc4c(cc3OC)N(C)[C@@H]3[C@](O)(C(=O)NCCC[Si](C)C)[C@@H](O)[C@@]5(CC)C=CCN6CC[C@@]43[C@H]65)C2)C1. The van der Waals surface area contributed by atoms with E-state index >= 15 is 4.79 Å². The molecule has 1 spiro atoms. The summed E-state index contributed by atoms with van der Waals surface area (Å²) in [5.74, 6) is -0.528. The van der Waals surface area contributed by atoms with E-state index in [-0.39, 0.29) is 12.0 Å². The summed E-state index contributed by atoms with van der Waals surface area (Å²) in [4.78, 5) is 40.8. The van der Waals surface area contributed by atoms with Crippen LogP contribution in [-0.2, 0) is 31.6 Å². The lowest BCUT2D eigenvalue weighted by molar-refractivity contribution is -0.203. The molecular formula is C48H66N5O7Si. The van der Waals surface area contributed by atoms with E-state index in [9.17, 15) is 20.1 Å². The van der Waals surface area contributed by atoms with E-state index in [1.807, 2.05) is 37.1 Å². The maximum absolute atomic E-state index is 15.4. The number of rotatable bonds is 10. The summed E-state index contributed by atoms with van der Waals surface area (Å²) in [5.41, 5.74) is -1.08. The average molecular weight is 853 g/mol. The van der Waals surface area contributed by atoms with Crippen LogP contribution in [0.25, 0.3) is 10.9 Å². The van der Waals surface area contributed by atoms with Gasteiger partial charge in [-0.2, -0.15) is 0 Å². The summed E-state index contributed by atoms with van der Waals surface area (Å²) in [6, 6.07) is 12.3. The molecule has 3 aromatic rings. The third-order valence-corrected chi connectivity index (χ3v) is 17.7. The Labute approximate surface area is 362 Å². The number of fused-ring (bicyclic) bond motifs is 6. The van der Waals surface area contributed by atoms with Crippen LogP contribution in [0.3, 0.4) is 0 Å². The second-order valence-electron chi connectivity index (χ2n) is 19.7. The summed E-state index contributed by atoms with van der Waals surface area (Å²) >= 11 is 0. The summed E-state index contributed by atoms with van der Waals surface area (Å²) < 4.78 is 12.4. The van der Waals surface area contributed by atoms with Crippen LogP contribution in [0.15, 0.2) is 48.6 Å². The molecule has 1 saturated carbocycles. The average Bonchev–Trinajstić information content (AvgIpc) is 3.92.